The molecule has 1 aliphatic carbocycles. The number of hydrogen-bond donors (Lipinski definition) is 2. The molecular formula is C19H29NOS. The van der Waals surface area contributed by atoms with Crippen LogP contribution >= 0.6 is 12.2 Å². The van der Waals surface area contributed by atoms with Crippen molar-refractivity contribution in [2.45, 2.75) is 60.0 Å². The summed E-state index contributed by atoms with van der Waals surface area (Å²) in [6.45, 7) is 11.8. The summed E-state index contributed by atoms with van der Waals surface area (Å²) in [6, 6.07) is 6.38. The number of rotatable bonds is 3. The molecule has 2 nitrogen and oxygen atoms in total. The van der Waals surface area contributed by atoms with Gasteiger partial charge in [0.2, 0.25) is 0 Å². The molecule has 1 saturated carbocycles. The lowest BCUT2D eigenvalue weighted by atomic mass is 9.63. The summed E-state index contributed by atoms with van der Waals surface area (Å²) in [5, 5.41) is 13.6. The number of aryl methyl sites for hydroxylation is 2. The summed E-state index contributed by atoms with van der Waals surface area (Å²) in [4.78, 5) is 0.820. The number of aliphatic hydroxyl groups is 1. The monoisotopic (exact) mass is 319 g/mol. The highest BCUT2D eigenvalue weighted by molar-refractivity contribution is 7.80. The van der Waals surface area contributed by atoms with Gasteiger partial charge >= 0.3 is 0 Å². The second-order valence-corrected chi connectivity index (χ2v) is 8.62. The van der Waals surface area contributed by atoms with Gasteiger partial charge in [0.15, 0.2) is 0 Å². The maximum atomic E-state index is 10.2. The van der Waals surface area contributed by atoms with Gasteiger partial charge < -0.3 is 10.4 Å². The number of benzene rings is 1. The first-order valence-electron chi connectivity index (χ1n) is 8.14. The fourth-order valence-electron chi connectivity index (χ4n) is 4.08. The van der Waals surface area contributed by atoms with Gasteiger partial charge in [-0.3, -0.25) is 0 Å². The molecule has 2 N–H and O–H groups in total. The first kappa shape index (κ1) is 17.4. The minimum atomic E-state index is -0.204. The van der Waals surface area contributed by atoms with E-state index in [2.05, 4.69) is 58.1 Å². The van der Waals surface area contributed by atoms with Crippen LogP contribution < -0.4 is 5.32 Å². The van der Waals surface area contributed by atoms with Crippen LogP contribution in [0.5, 0.6) is 0 Å². The van der Waals surface area contributed by atoms with Crippen LogP contribution in [0.2, 0.25) is 0 Å². The van der Waals surface area contributed by atoms with Crippen molar-refractivity contribution < 1.29 is 5.11 Å². The van der Waals surface area contributed by atoms with Gasteiger partial charge in [0, 0.05) is 12.1 Å². The Morgan fingerprint density at radius 3 is 2.59 bits per heavy atom. The highest BCUT2D eigenvalue weighted by Crippen LogP contribution is 2.45. The molecule has 0 unspecified atom stereocenters. The molecule has 0 radical (unpaired) electrons. The average molecular weight is 320 g/mol. The van der Waals surface area contributed by atoms with E-state index < -0.39 is 0 Å². The van der Waals surface area contributed by atoms with Crippen LogP contribution in [0.15, 0.2) is 18.2 Å². The Morgan fingerprint density at radius 1 is 1.27 bits per heavy atom. The summed E-state index contributed by atoms with van der Waals surface area (Å²) < 4.78 is 0. The first-order valence-corrected chi connectivity index (χ1v) is 8.55. The molecule has 2 atom stereocenters. The van der Waals surface area contributed by atoms with Crippen LogP contribution in [0.1, 0.15) is 56.7 Å². The van der Waals surface area contributed by atoms with E-state index in [-0.39, 0.29) is 16.9 Å². The largest absolute Gasteiger partial charge is 0.393 e. The van der Waals surface area contributed by atoms with Crippen molar-refractivity contribution in [3.63, 3.8) is 0 Å². The zero-order valence-corrected chi connectivity index (χ0v) is 15.3. The first-order chi connectivity index (χ1) is 10.1. The minimum Gasteiger partial charge on any atom is -0.393 e. The number of aliphatic hydroxyl groups excluding tert-OH is 1. The van der Waals surface area contributed by atoms with Crippen molar-refractivity contribution >= 4 is 17.2 Å². The Kier molecular flexibility index (Phi) is 4.98. The van der Waals surface area contributed by atoms with E-state index in [1.165, 1.54) is 11.1 Å². The summed E-state index contributed by atoms with van der Waals surface area (Å²) in [6.07, 6.45) is 2.65. The third-order valence-electron chi connectivity index (χ3n) is 4.74. The van der Waals surface area contributed by atoms with Crippen molar-refractivity contribution in [1.29, 1.82) is 0 Å². The van der Waals surface area contributed by atoms with Crippen molar-refractivity contribution in [1.82, 2.24) is 5.32 Å². The Labute approximate surface area is 140 Å². The van der Waals surface area contributed by atoms with E-state index in [1.807, 2.05) is 0 Å². The Bertz CT molecular complexity index is 567. The van der Waals surface area contributed by atoms with E-state index in [1.54, 1.807) is 0 Å². The highest BCUT2D eigenvalue weighted by Gasteiger charge is 2.40. The predicted molar refractivity (Wildman–Crippen MR) is 97.4 cm³/mol. The van der Waals surface area contributed by atoms with Gasteiger partial charge in [-0.25, -0.2) is 0 Å². The van der Waals surface area contributed by atoms with Gasteiger partial charge in [-0.15, -0.1) is 0 Å². The number of thiocarbonyl (C=S) groups is 1. The molecule has 2 rings (SSSR count). The van der Waals surface area contributed by atoms with Crippen LogP contribution in [0.3, 0.4) is 0 Å². The second-order valence-electron chi connectivity index (χ2n) is 8.21. The molecule has 0 heterocycles. The van der Waals surface area contributed by atoms with Crippen molar-refractivity contribution in [3.8, 4) is 0 Å². The van der Waals surface area contributed by atoms with Crippen LogP contribution in [-0.2, 0) is 0 Å². The summed E-state index contributed by atoms with van der Waals surface area (Å²) in [7, 11) is 0. The standard InChI is InChI=1S/C19H29NOS/c1-13-6-7-14(2)16(8-13)17(22)20-12-19(5)10-15(21)9-18(3,4)11-19/h6-8,15,21H,9-12H2,1-5H3,(H,20,22)/t15-,19+/m1/s1. The zero-order chi connectivity index (χ0) is 16.5. The maximum Gasteiger partial charge on any atom is 0.106 e. The third-order valence-corrected chi connectivity index (χ3v) is 5.10. The molecule has 1 fully saturated rings. The fraction of sp³-hybridized carbons (Fsp3) is 0.632. The van der Waals surface area contributed by atoms with Gasteiger partial charge in [-0.05, 0) is 55.6 Å². The van der Waals surface area contributed by atoms with E-state index in [4.69, 9.17) is 12.2 Å². The van der Waals surface area contributed by atoms with Crippen LogP contribution in [-0.4, -0.2) is 22.7 Å². The maximum absolute atomic E-state index is 10.2. The van der Waals surface area contributed by atoms with Gasteiger partial charge in [-0.1, -0.05) is 50.7 Å². The van der Waals surface area contributed by atoms with Gasteiger partial charge in [0.05, 0.1) is 6.10 Å². The molecule has 1 aliphatic rings. The molecule has 1 aromatic carbocycles. The van der Waals surface area contributed by atoms with Crippen LogP contribution in [0.25, 0.3) is 0 Å². The Balaban J connectivity index is 2.05. The molecule has 1 aromatic rings. The lowest BCUT2D eigenvalue weighted by molar-refractivity contribution is -0.00679. The zero-order valence-electron chi connectivity index (χ0n) is 14.5. The van der Waals surface area contributed by atoms with Gasteiger partial charge in [0.1, 0.15) is 4.99 Å². The SMILES string of the molecule is Cc1ccc(C)c(C(=S)NC[C@@]2(C)C[C@H](O)CC(C)(C)C2)c1. The quantitative estimate of drug-likeness (QED) is 0.821. The molecule has 0 aromatic heterocycles. The molecular weight excluding hydrogens is 290 g/mol. The van der Waals surface area contributed by atoms with E-state index in [0.717, 1.165) is 36.4 Å². The summed E-state index contributed by atoms with van der Waals surface area (Å²) in [5.41, 5.74) is 3.83. The Morgan fingerprint density at radius 2 is 1.95 bits per heavy atom. The van der Waals surface area contributed by atoms with Crippen LogP contribution in [0.4, 0.5) is 0 Å². The van der Waals surface area contributed by atoms with Crippen molar-refractivity contribution in [2.75, 3.05) is 6.54 Å². The molecule has 0 aliphatic heterocycles. The van der Waals surface area contributed by atoms with Gasteiger partial charge in [0.25, 0.3) is 0 Å². The minimum absolute atomic E-state index is 0.0863. The lowest BCUT2D eigenvalue weighted by Crippen LogP contribution is -2.45. The normalized spacial score (nSPS) is 27.5. The molecule has 3 heteroatoms. The molecule has 0 spiro atoms. The summed E-state index contributed by atoms with van der Waals surface area (Å²) >= 11 is 5.60. The topological polar surface area (TPSA) is 32.3 Å². The second kappa shape index (κ2) is 6.29. The van der Waals surface area contributed by atoms with E-state index >= 15 is 0 Å². The summed E-state index contributed by atoms with van der Waals surface area (Å²) in [5.74, 6) is 0. The van der Waals surface area contributed by atoms with E-state index in [9.17, 15) is 5.11 Å². The van der Waals surface area contributed by atoms with Crippen LogP contribution in [0, 0.1) is 24.7 Å². The predicted octanol–water partition coefficient (Wildman–Crippen LogP) is 4.15. The molecule has 122 valence electrons. The fourth-order valence-corrected chi connectivity index (χ4v) is 4.37. The smallest absolute Gasteiger partial charge is 0.106 e. The highest BCUT2D eigenvalue weighted by atomic mass is 32.1. The molecule has 0 amide bonds. The van der Waals surface area contributed by atoms with Crippen molar-refractivity contribution in [3.05, 3.63) is 34.9 Å². The molecule has 22 heavy (non-hydrogen) atoms. The lowest BCUT2D eigenvalue weighted by Gasteiger charge is -2.45. The Hall–Kier alpha value is -0.930. The van der Waals surface area contributed by atoms with E-state index in [0.29, 0.717) is 0 Å². The number of hydrogen-bond acceptors (Lipinski definition) is 2. The third kappa shape index (κ3) is 4.30. The van der Waals surface area contributed by atoms with Crippen molar-refractivity contribution in [2.24, 2.45) is 10.8 Å². The molecule has 0 bridgehead atoms. The number of nitrogens with one attached hydrogen (secondary N) is 1. The average Bonchev–Trinajstić information content (AvgIpc) is 2.36. The molecule has 0 saturated heterocycles. The van der Waals surface area contributed by atoms with Gasteiger partial charge in [-0.2, -0.15) is 0 Å².